The van der Waals surface area contributed by atoms with Crippen molar-refractivity contribution in [1.82, 2.24) is 9.29 Å². The maximum absolute atomic E-state index is 12.6. The third-order valence-corrected chi connectivity index (χ3v) is 5.81. The lowest BCUT2D eigenvalue weighted by Gasteiger charge is -2.16. The molecule has 128 valence electrons. The molecular weight excluding hydrogens is 326 g/mol. The highest BCUT2D eigenvalue weighted by atomic mass is 32.2. The number of carbonyl (C=O) groups is 1. The normalized spacial score (nSPS) is 15.5. The van der Waals surface area contributed by atoms with E-state index in [1.54, 1.807) is 18.2 Å². The lowest BCUT2D eigenvalue weighted by atomic mass is 10.2. The Balaban J connectivity index is 1.81. The average molecular weight is 347 g/mol. The zero-order valence-corrected chi connectivity index (χ0v) is 14.3. The predicted octanol–water partition coefficient (Wildman–Crippen LogP) is 2.76. The predicted molar refractivity (Wildman–Crippen MR) is 92.6 cm³/mol. The number of hydrogen-bond donors (Lipinski definition) is 2. The van der Waals surface area contributed by atoms with Crippen molar-refractivity contribution in [3.8, 4) is 0 Å². The quantitative estimate of drug-likeness (QED) is 0.873. The summed E-state index contributed by atoms with van der Waals surface area (Å²) in [6, 6.07) is 10.3. The van der Waals surface area contributed by atoms with Gasteiger partial charge in [-0.3, -0.25) is 4.79 Å². The molecule has 1 aliphatic carbocycles. The van der Waals surface area contributed by atoms with Gasteiger partial charge in [0.25, 0.3) is 5.91 Å². The number of anilines is 1. The van der Waals surface area contributed by atoms with E-state index in [0.29, 0.717) is 17.4 Å². The number of hydrogen-bond acceptors (Lipinski definition) is 3. The maximum Gasteiger partial charge on any atom is 0.272 e. The Morgan fingerprint density at radius 3 is 2.62 bits per heavy atom. The van der Waals surface area contributed by atoms with Gasteiger partial charge in [0.2, 0.25) is 10.0 Å². The fourth-order valence-corrected chi connectivity index (χ4v) is 3.92. The molecule has 1 fully saturated rings. The van der Waals surface area contributed by atoms with Gasteiger partial charge in [-0.2, -0.15) is 0 Å². The van der Waals surface area contributed by atoms with Crippen LogP contribution in [0.4, 0.5) is 5.69 Å². The van der Waals surface area contributed by atoms with Crippen LogP contribution in [-0.2, 0) is 10.0 Å². The van der Waals surface area contributed by atoms with Crippen molar-refractivity contribution in [2.45, 2.75) is 36.6 Å². The molecule has 0 spiro atoms. The largest absolute Gasteiger partial charge is 0.340 e. The van der Waals surface area contributed by atoms with Gasteiger partial charge in [-0.05, 0) is 50.2 Å². The summed E-state index contributed by atoms with van der Waals surface area (Å²) in [7, 11) is -2.18. The van der Waals surface area contributed by atoms with Gasteiger partial charge in [-0.15, -0.1) is 0 Å². The lowest BCUT2D eigenvalue weighted by Crippen LogP contribution is -2.20. The second-order valence-electron chi connectivity index (χ2n) is 5.93. The minimum Gasteiger partial charge on any atom is -0.340 e. The summed E-state index contributed by atoms with van der Waals surface area (Å²) >= 11 is 0. The molecule has 3 rings (SSSR count). The molecule has 7 heteroatoms. The molecule has 0 radical (unpaired) electrons. The Hall–Kier alpha value is -2.12. The Kier molecular flexibility index (Phi) is 4.73. The monoisotopic (exact) mass is 347 g/mol. The van der Waals surface area contributed by atoms with Crippen molar-refractivity contribution >= 4 is 21.6 Å². The van der Waals surface area contributed by atoms with Crippen molar-refractivity contribution in [3.05, 3.63) is 48.3 Å². The van der Waals surface area contributed by atoms with Gasteiger partial charge in [0.15, 0.2) is 0 Å². The third kappa shape index (κ3) is 3.37. The Morgan fingerprint density at radius 1 is 1.17 bits per heavy atom. The Morgan fingerprint density at radius 2 is 1.92 bits per heavy atom. The van der Waals surface area contributed by atoms with Crippen molar-refractivity contribution in [2.24, 2.45) is 0 Å². The summed E-state index contributed by atoms with van der Waals surface area (Å²) in [5, 5.41) is 2.79. The van der Waals surface area contributed by atoms with Crippen LogP contribution in [0.5, 0.6) is 0 Å². The van der Waals surface area contributed by atoms with Crippen LogP contribution in [0.25, 0.3) is 0 Å². The molecule has 0 atom stereocenters. The first-order chi connectivity index (χ1) is 11.5. The van der Waals surface area contributed by atoms with Crippen molar-refractivity contribution < 1.29 is 13.2 Å². The smallest absolute Gasteiger partial charge is 0.272 e. The van der Waals surface area contributed by atoms with Crippen molar-refractivity contribution in [3.63, 3.8) is 0 Å². The fourth-order valence-electron chi connectivity index (χ4n) is 3.14. The molecule has 2 aromatic rings. The molecule has 0 saturated heterocycles. The van der Waals surface area contributed by atoms with Gasteiger partial charge in [0.1, 0.15) is 5.69 Å². The molecule has 1 heterocycles. The molecule has 1 amide bonds. The van der Waals surface area contributed by atoms with Gasteiger partial charge in [-0.25, -0.2) is 13.1 Å². The van der Waals surface area contributed by atoms with E-state index < -0.39 is 10.0 Å². The van der Waals surface area contributed by atoms with Crippen LogP contribution >= 0.6 is 0 Å². The van der Waals surface area contributed by atoms with E-state index in [9.17, 15) is 13.2 Å². The SMILES string of the molecule is CNS(=O)(=O)c1cccc(NC(=O)c2cccn2C2CCCC2)c1. The van der Waals surface area contributed by atoms with E-state index in [0.717, 1.165) is 12.8 Å². The summed E-state index contributed by atoms with van der Waals surface area (Å²) < 4.78 is 28.0. The van der Waals surface area contributed by atoms with Crippen LogP contribution in [0.2, 0.25) is 0 Å². The van der Waals surface area contributed by atoms with Crippen LogP contribution in [0, 0.1) is 0 Å². The molecule has 1 aliphatic rings. The number of carbonyl (C=O) groups excluding carboxylic acids is 1. The first-order valence-electron chi connectivity index (χ1n) is 8.03. The number of aromatic nitrogens is 1. The molecule has 1 saturated carbocycles. The van der Waals surface area contributed by atoms with Crippen LogP contribution in [0.15, 0.2) is 47.5 Å². The number of amides is 1. The molecule has 6 nitrogen and oxygen atoms in total. The highest BCUT2D eigenvalue weighted by Crippen LogP contribution is 2.31. The maximum atomic E-state index is 12.6. The highest BCUT2D eigenvalue weighted by molar-refractivity contribution is 7.89. The van der Waals surface area contributed by atoms with Crippen LogP contribution in [0.1, 0.15) is 42.2 Å². The average Bonchev–Trinajstić information content (AvgIpc) is 3.26. The molecular formula is C17H21N3O3S. The number of sulfonamides is 1. The van der Waals surface area contributed by atoms with Gasteiger partial charge in [-0.1, -0.05) is 18.9 Å². The standard InChI is InChI=1S/C17H21N3O3S/c1-18-24(22,23)15-9-4-6-13(12-15)19-17(21)16-10-5-11-20(16)14-7-2-3-8-14/h4-6,9-12,14,18H,2-3,7-8H2,1H3,(H,19,21). The second-order valence-corrected chi connectivity index (χ2v) is 7.82. The summed E-state index contributed by atoms with van der Waals surface area (Å²) in [5.41, 5.74) is 1.05. The van der Waals surface area contributed by atoms with Crippen LogP contribution in [-0.4, -0.2) is 25.9 Å². The highest BCUT2D eigenvalue weighted by Gasteiger charge is 2.21. The topological polar surface area (TPSA) is 80.2 Å². The molecule has 1 aromatic heterocycles. The lowest BCUT2D eigenvalue weighted by molar-refractivity contribution is 0.101. The molecule has 0 bridgehead atoms. The molecule has 1 aromatic carbocycles. The van der Waals surface area contributed by atoms with E-state index in [4.69, 9.17) is 0 Å². The Bertz CT molecular complexity index is 836. The summed E-state index contributed by atoms with van der Waals surface area (Å²) in [6.07, 6.45) is 6.49. The Labute approximate surface area is 141 Å². The van der Waals surface area contributed by atoms with Gasteiger partial charge in [0.05, 0.1) is 4.90 Å². The van der Waals surface area contributed by atoms with E-state index in [2.05, 4.69) is 10.0 Å². The van der Waals surface area contributed by atoms with E-state index >= 15 is 0 Å². The van der Waals surface area contributed by atoms with E-state index in [1.165, 1.54) is 32.0 Å². The van der Waals surface area contributed by atoms with E-state index in [1.807, 2.05) is 16.8 Å². The van der Waals surface area contributed by atoms with Crippen LogP contribution in [0.3, 0.4) is 0 Å². The molecule has 0 aliphatic heterocycles. The first-order valence-corrected chi connectivity index (χ1v) is 9.51. The van der Waals surface area contributed by atoms with Crippen molar-refractivity contribution in [1.29, 1.82) is 0 Å². The van der Waals surface area contributed by atoms with Gasteiger partial charge < -0.3 is 9.88 Å². The number of nitrogens with zero attached hydrogens (tertiary/aromatic N) is 1. The van der Waals surface area contributed by atoms with Gasteiger partial charge in [0, 0.05) is 17.9 Å². The molecule has 2 N–H and O–H groups in total. The second kappa shape index (κ2) is 6.78. The zero-order chi connectivity index (χ0) is 17.2. The van der Waals surface area contributed by atoms with Crippen LogP contribution < -0.4 is 10.0 Å². The number of nitrogens with one attached hydrogen (secondary N) is 2. The summed E-state index contributed by atoms with van der Waals surface area (Å²) in [6.45, 7) is 0. The summed E-state index contributed by atoms with van der Waals surface area (Å²) in [4.78, 5) is 12.7. The van der Waals surface area contributed by atoms with Gasteiger partial charge >= 0.3 is 0 Å². The molecule has 24 heavy (non-hydrogen) atoms. The zero-order valence-electron chi connectivity index (χ0n) is 13.5. The minimum atomic E-state index is -3.54. The number of benzene rings is 1. The third-order valence-electron chi connectivity index (χ3n) is 4.40. The van der Waals surface area contributed by atoms with E-state index in [-0.39, 0.29) is 10.8 Å². The first kappa shape index (κ1) is 16.7. The van der Waals surface area contributed by atoms with Crippen molar-refractivity contribution in [2.75, 3.05) is 12.4 Å². The minimum absolute atomic E-state index is 0.119. The summed E-state index contributed by atoms with van der Waals surface area (Å²) in [5.74, 6) is -0.231. The number of rotatable bonds is 5. The fraction of sp³-hybridized carbons (Fsp3) is 0.353. The molecule has 0 unspecified atom stereocenters.